The lowest BCUT2D eigenvalue weighted by molar-refractivity contribution is 0.120. The molecule has 0 aromatic carbocycles. The van der Waals surface area contributed by atoms with Crippen molar-refractivity contribution in [3.05, 3.63) is 59.7 Å². The van der Waals surface area contributed by atoms with E-state index in [1.165, 1.54) is 0 Å². The third-order valence-electron chi connectivity index (χ3n) is 2.55. The Morgan fingerprint density at radius 3 is 2.61 bits per heavy atom. The van der Waals surface area contributed by atoms with Crippen molar-refractivity contribution in [2.24, 2.45) is 5.73 Å². The van der Waals surface area contributed by atoms with Gasteiger partial charge >= 0.3 is 0 Å². The topological polar surface area (TPSA) is 61.0 Å². The third kappa shape index (κ3) is 3.91. The summed E-state index contributed by atoms with van der Waals surface area (Å²) in [6.07, 6.45) is 2.61. The van der Waals surface area contributed by atoms with Crippen molar-refractivity contribution in [3.63, 3.8) is 0 Å². The van der Waals surface area contributed by atoms with E-state index in [1.807, 2.05) is 36.4 Å². The summed E-state index contributed by atoms with van der Waals surface area (Å²) in [4.78, 5) is 8.61. The minimum Gasteiger partial charge on any atom is -0.375 e. The Morgan fingerprint density at radius 2 is 1.83 bits per heavy atom. The van der Waals surface area contributed by atoms with Gasteiger partial charge in [-0.2, -0.15) is 0 Å². The number of aromatic nitrogens is 2. The first-order valence-corrected chi connectivity index (χ1v) is 6.01. The maximum Gasteiger partial charge on any atom is 0.0888 e. The Balaban J connectivity index is 1.75. The molecular weight excluding hydrogens is 226 g/mol. The minimum absolute atomic E-state index is 0.460. The van der Waals surface area contributed by atoms with Crippen molar-refractivity contribution < 1.29 is 4.74 Å². The molecule has 0 amide bonds. The summed E-state index contributed by atoms with van der Waals surface area (Å²) in [5, 5.41) is 0. The van der Waals surface area contributed by atoms with Gasteiger partial charge in [0, 0.05) is 24.9 Å². The Bertz CT molecular complexity index is 473. The van der Waals surface area contributed by atoms with E-state index in [-0.39, 0.29) is 0 Å². The molecule has 2 aromatic rings. The average Bonchev–Trinajstić information content (AvgIpc) is 2.45. The molecule has 0 radical (unpaired) electrons. The molecule has 0 saturated carbocycles. The predicted octanol–water partition coefficient (Wildman–Crippen LogP) is 1.69. The molecule has 0 aliphatic heterocycles. The van der Waals surface area contributed by atoms with Crippen molar-refractivity contribution in [2.75, 3.05) is 6.61 Å². The van der Waals surface area contributed by atoms with Crippen LogP contribution >= 0.6 is 0 Å². The van der Waals surface area contributed by atoms with Gasteiger partial charge in [0.2, 0.25) is 0 Å². The summed E-state index contributed by atoms with van der Waals surface area (Å²) < 4.78 is 5.58. The van der Waals surface area contributed by atoms with Gasteiger partial charge in [0.15, 0.2) is 0 Å². The fourth-order valence-electron chi connectivity index (χ4n) is 1.62. The second-order valence-corrected chi connectivity index (χ2v) is 3.95. The predicted molar refractivity (Wildman–Crippen MR) is 69.7 cm³/mol. The van der Waals surface area contributed by atoms with Gasteiger partial charge in [0.1, 0.15) is 0 Å². The number of nitrogens with zero attached hydrogens (tertiary/aromatic N) is 2. The van der Waals surface area contributed by atoms with Crippen LogP contribution in [0.5, 0.6) is 0 Å². The van der Waals surface area contributed by atoms with E-state index in [9.17, 15) is 0 Å². The quantitative estimate of drug-likeness (QED) is 0.784. The van der Waals surface area contributed by atoms with Gasteiger partial charge in [0.05, 0.1) is 24.6 Å². The van der Waals surface area contributed by atoms with E-state index in [0.29, 0.717) is 19.8 Å². The van der Waals surface area contributed by atoms with E-state index in [1.54, 1.807) is 6.20 Å². The van der Waals surface area contributed by atoms with E-state index in [2.05, 4.69) is 9.97 Å². The van der Waals surface area contributed by atoms with E-state index >= 15 is 0 Å². The van der Waals surface area contributed by atoms with Crippen LogP contribution in [0.2, 0.25) is 0 Å². The summed E-state index contributed by atoms with van der Waals surface area (Å²) >= 11 is 0. The van der Waals surface area contributed by atoms with Gasteiger partial charge in [-0.25, -0.2) is 0 Å². The molecule has 0 bridgehead atoms. The SMILES string of the molecule is NCc1cccc(COCCc2ccccn2)n1. The summed E-state index contributed by atoms with van der Waals surface area (Å²) in [7, 11) is 0. The van der Waals surface area contributed by atoms with Crippen LogP contribution in [0.15, 0.2) is 42.6 Å². The van der Waals surface area contributed by atoms with Gasteiger partial charge in [0.25, 0.3) is 0 Å². The monoisotopic (exact) mass is 243 g/mol. The molecule has 2 rings (SSSR count). The van der Waals surface area contributed by atoms with Gasteiger partial charge in [-0.15, -0.1) is 0 Å². The van der Waals surface area contributed by atoms with E-state index in [4.69, 9.17) is 10.5 Å². The Kier molecular flexibility index (Phi) is 4.81. The molecule has 0 aliphatic rings. The summed E-state index contributed by atoms with van der Waals surface area (Å²) in [6, 6.07) is 11.7. The first-order chi connectivity index (χ1) is 8.88. The Morgan fingerprint density at radius 1 is 1.00 bits per heavy atom. The van der Waals surface area contributed by atoms with Crippen molar-refractivity contribution in [2.45, 2.75) is 19.6 Å². The Labute approximate surface area is 107 Å². The second kappa shape index (κ2) is 6.83. The number of hydrogen-bond acceptors (Lipinski definition) is 4. The molecule has 4 nitrogen and oxygen atoms in total. The molecule has 0 aliphatic carbocycles. The fourth-order valence-corrected chi connectivity index (χ4v) is 1.62. The second-order valence-electron chi connectivity index (χ2n) is 3.95. The highest BCUT2D eigenvalue weighted by molar-refractivity contribution is 5.10. The summed E-state index contributed by atoms with van der Waals surface area (Å²) in [6.45, 7) is 1.62. The molecule has 2 heterocycles. The number of pyridine rings is 2. The van der Waals surface area contributed by atoms with Crippen LogP contribution in [0.25, 0.3) is 0 Å². The molecule has 0 atom stereocenters. The van der Waals surface area contributed by atoms with Crippen LogP contribution in [-0.4, -0.2) is 16.6 Å². The smallest absolute Gasteiger partial charge is 0.0888 e. The van der Waals surface area contributed by atoms with Crippen LogP contribution in [0.1, 0.15) is 17.1 Å². The van der Waals surface area contributed by atoms with Crippen LogP contribution in [-0.2, 0) is 24.3 Å². The molecule has 18 heavy (non-hydrogen) atoms. The largest absolute Gasteiger partial charge is 0.375 e. The first kappa shape index (κ1) is 12.7. The zero-order valence-electron chi connectivity index (χ0n) is 10.2. The fraction of sp³-hybridized carbons (Fsp3) is 0.286. The number of hydrogen-bond donors (Lipinski definition) is 1. The molecule has 0 unspecified atom stereocenters. The van der Waals surface area contributed by atoms with E-state index in [0.717, 1.165) is 23.5 Å². The normalized spacial score (nSPS) is 10.5. The Hall–Kier alpha value is -1.78. The highest BCUT2D eigenvalue weighted by Crippen LogP contribution is 2.02. The van der Waals surface area contributed by atoms with Crippen LogP contribution in [0, 0.1) is 0 Å². The maximum absolute atomic E-state index is 5.58. The van der Waals surface area contributed by atoms with Crippen LogP contribution < -0.4 is 5.73 Å². The lowest BCUT2D eigenvalue weighted by atomic mass is 10.3. The standard InChI is InChI=1S/C14H17N3O/c15-10-13-5-3-6-14(17-13)11-18-9-7-12-4-1-2-8-16-12/h1-6,8H,7,9-11,15H2. The molecule has 94 valence electrons. The molecule has 2 N–H and O–H groups in total. The number of nitrogens with two attached hydrogens (primary N) is 1. The molecule has 4 heteroatoms. The van der Waals surface area contributed by atoms with Crippen molar-refractivity contribution in [1.82, 2.24) is 9.97 Å². The first-order valence-electron chi connectivity index (χ1n) is 6.01. The highest BCUT2D eigenvalue weighted by Gasteiger charge is 1.98. The number of rotatable bonds is 6. The molecule has 0 spiro atoms. The van der Waals surface area contributed by atoms with Gasteiger partial charge in [-0.1, -0.05) is 12.1 Å². The maximum atomic E-state index is 5.58. The van der Waals surface area contributed by atoms with Crippen molar-refractivity contribution >= 4 is 0 Å². The third-order valence-corrected chi connectivity index (χ3v) is 2.55. The van der Waals surface area contributed by atoms with Crippen LogP contribution in [0.4, 0.5) is 0 Å². The molecule has 0 saturated heterocycles. The average molecular weight is 243 g/mol. The lowest BCUT2D eigenvalue weighted by Gasteiger charge is -2.05. The highest BCUT2D eigenvalue weighted by atomic mass is 16.5. The summed E-state index contributed by atoms with van der Waals surface area (Å²) in [5.41, 5.74) is 8.39. The van der Waals surface area contributed by atoms with Crippen LogP contribution in [0.3, 0.4) is 0 Å². The van der Waals surface area contributed by atoms with Gasteiger partial charge < -0.3 is 10.5 Å². The molecule has 2 aromatic heterocycles. The van der Waals surface area contributed by atoms with Crippen molar-refractivity contribution in [3.8, 4) is 0 Å². The summed E-state index contributed by atoms with van der Waals surface area (Å²) in [5.74, 6) is 0. The van der Waals surface area contributed by atoms with Gasteiger partial charge in [-0.05, 0) is 24.3 Å². The number of ether oxygens (including phenoxy) is 1. The lowest BCUT2D eigenvalue weighted by Crippen LogP contribution is -2.05. The van der Waals surface area contributed by atoms with E-state index < -0.39 is 0 Å². The molecule has 0 fully saturated rings. The van der Waals surface area contributed by atoms with Crippen molar-refractivity contribution in [1.29, 1.82) is 0 Å². The molecular formula is C14H17N3O. The van der Waals surface area contributed by atoms with Gasteiger partial charge in [-0.3, -0.25) is 9.97 Å². The zero-order chi connectivity index (χ0) is 12.6. The minimum atomic E-state index is 0.460. The zero-order valence-corrected chi connectivity index (χ0v) is 10.2.